The molecule has 1 N–H and O–H groups in total. The first kappa shape index (κ1) is 14.9. The van der Waals surface area contributed by atoms with Crippen LogP contribution in [0.5, 0.6) is 0 Å². The van der Waals surface area contributed by atoms with Gasteiger partial charge >= 0.3 is 0 Å². The van der Waals surface area contributed by atoms with Gasteiger partial charge in [-0.05, 0) is 49.4 Å². The molecule has 4 heteroatoms. The Morgan fingerprint density at radius 3 is 2.33 bits per heavy atom. The Balaban J connectivity index is 1.69. The number of hydrogen-bond acceptors (Lipinski definition) is 2. The van der Waals surface area contributed by atoms with Crippen molar-refractivity contribution in [2.75, 3.05) is 13.1 Å². The van der Waals surface area contributed by atoms with Crippen LogP contribution in [0.15, 0.2) is 0 Å². The number of rotatable bonds is 6. The summed E-state index contributed by atoms with van der Waals surface area (Å²) in [5.74, 6) is 2.78. The molecule has 0 aromatic heterocycles. The third-order valence-corrected chi connectivity index (χ3v) is 5.60. The minimum Gasteiger partial charge on any atom is -0.344 e. The van der Waals surface area contributed by atoms with Crippen LogP contribution in [0.3, 0.4) is 0 Å². The summed E-state index contributed by atoms with van der Waals surface area (Å²) in [6.45, 7) is 5.63. The summed E-state index contributed by atoms with van der Waals surface area (Å²) < 4.78 is 0. The Labute approximate surface area is 127 Å². The summed E-state index contributed by atoms with van der Waals surface area (Å²) in [6.07, 6.45) is 6.74. The van der Waals surface area contributed by atoms with Gasteiger partial charge < -0.3 is 10.2 Å². The number of hydrogen-bond donors (Lipinski definition) is 1. The zero-order valence-corrected chi connectivity index (χ0v) is 13.3. The molecule has 3 fully saturated rings. The van der Waals surface area contributed by atoms with Gasteiger partial charge in [0.05, 0.1) is 0 Å². The lowest BCUT2D eigenvalue weighted by atomic mass is 9.95. The number of carbonyl (C=O) groups is 2. The van der Waals surface area contributed by atoms with Gasteiger partial charge in [-0.25, -0.2) is 0 Å². The highest BCUT2D eigenvalue weighted by atomic mass is 16.2. The van der Waals surface area contributed by atoms with Crippen LogP contribution in [0.2, 0.25) is 0 Å². The van der Waals surface area contributed by atoms with E-state index in [1.165, 1.54) is 25.7 Å². The zero-order valence-electron chi connectivity index (χ0n) is 13.3. The van der Waals surface area contributed by atoms with Gasteiger partial charge in [-0.15, -0.1) is 0 Å². The van der Waals surface area contributed by atoms with Crippen molar-refractivity contribution in [2.24, 2.45) is 23.7 Å². The first-order chi connectivity index (χ1) is 10.1. The molecule has 118 valence electrons. The summed E-state index contributed by atoms with van der Waals surface area (Å²) in [7, 11) is 0. The third kappa shape index (κ3) is 3.41. The molecule has 2 aliphatic carbocycles. The normalized spacial score (nSPS) is 28.5. The summed E-state index contributed by atoms with van der Waals surface area (Å²) in [5.41, 5.74) is 0. The second-order valence-electron chi connectivity index (χ2n) is 7.30. The Bertz CT molecular complexity index is 403. The Morgan fingerprint density at radius 1 is 1.19 bits per heavy atom. The lowest BCUT2D eigenvalue weighted by Gasteiger charge is -2.30. The summed E-state index contributed by atoms with van der Waals surface area (Å²) in [4.78, 5) is 26.7. The second-order valence-corrected chi connectivity index (χ2v) is 7.30. The van der Waals surface area contributed by atoms with Crippen molar-refractivity contribution in [3.63, 3.8) is 0 Å². The SMILES string of the molecule is CCC(C)C1NC(=O)CCN(CC(C2CC2)C2CC2)C1=O. The van der Waals surface area contributed by atoms with E-state index in [0.29, 0.717) is 18.9 Å². The molecule has 1 aliphatic heterocycles. The van der Waals surface area contributed by atoms with Crippen molar-refractivity contribution in [2.45, 2.75) is 58.4 Å². The number of amides is 2. The molecule has 0 aromatic carbocycles. The first-order valence-electron chi connectivity index (χ1n) is 8.68. The highest BCUT2D eigenvalue weighted by molar-refractivity contribution is 5.90. The maximum absolute atomic E-state index is 12.8. The van der Waals surface area contributed by atoms with Crippen molar-refractivity contribution in [1.29, 1.82) is 0 Å². The van der Waals surface area contributed by atoms with Crippen molar-refractivity contribution < 1.29 is 9.59 Å². The third-order valence-electron chi connectivity index (χ3n) is 5.60. The van der Waals surface area contributed by atoms with Gasteiger partial charge in [-0.3, -0.25) is 9.59 Å². The van der Waals surface area contributed by atoms with E-state index < -0.39 is 0 Å². The van der Waals surface area contributed by atoms with Crippen LogP contribution in [0.4, 0.5) is 0 Å². The van der Waals surface area contributed by atoms with E-state index in [1.807, 2.05) is 4.90 Å². The minimum absolute atomic E-state index is 0.0329. The lowest BCUT2D eigenvalue weighted by molar-refractivity contribution is -0.135. The molecule has 0 bridgehead atoms. The van der Waals surface area contributed by atoms with E-state index >= 15 is 0 Å². The average molecular weight is 292 g/mol. The van der Waals surface area contributed by atoms with Gasteiger partial charge in [0.2, 0.25) is 11.8 Å². The fourth-order valence-corrected chi connectivity index (χ4v) is 3.64. The predicted molar refractivity (Wildman–Crippen MR) is 81.5 cm³/mol. The van der Waals surface area contributed by atoms with Gasteiger partial charge in [0.15, 0.2) is 0 Å². The number of nitrogens with one attached hydrogen (secondary N) is 1. The van der Waals surface area contributed by atoms with Gasteiger partial charge in [-0.2, -0.15) is 0 Å². The number of nitrogens with zero attached hydrogens (tertiary/aromatic N) is 1. The fourth-order valence-electron chi connectivity index (χ4n) is 3.64. The molecular formula is C17H28N2O2. The monoisotopic (exact) mass is 292 g/mol. The molecule has 3 aliphatic rings. The molecule has 0 radical (unpaired) electrons. The first-order valence-corrected chi connectivity index (χ1v) is 8.68. The van der Waals surface area contributed by atoms with Crippen LogP contribution in [0.25, 0.3) is 0 Å². The summed E-state index contributed by atoms with van der Waals surface area (Å²) in [6, 6.07) is -0.316. The minimum atomic E-state index is -0.316. The van der Waals surface area contributed by atoms with E-state index in [0.717, 1.165) is 24.8 Å². The van der Waals surface area contributed by atoms with E-state index in [-0.39, 0.29) is 23.8 Å². The van der Waals surface area contributed by atoms with E-state index in [9.17, 15) is 9.59 Å². The molecule has 2 saturated carbocycles. The van der Waals surface area contributed by atoms with Gasteiger partial charge in [-0.1, -0.05) is 20.3 Å². The maximum Gasteiger partial charge on any atom is 0.245 e. The summed E-state index contributed by atoms with van der Waals surface area (Å²) >= 11 is 0. The van der Waals surface area contributed by atoms with Crippen molar-refractivity contribution in [1.82, 2.24) is 10.2 Å². The Hall–Kier alpha value is -1.06. The molecule has 1 heterocycles. The Morgan fingerprint density at radius 2 is 1.81 bits per heavy atom. The van der Waals surface area contributed by atoms with Crippen LogP contribution < -0.4 is 5.32 Å². The molecular weight excluding hydrogens is 264 g/mol. The van der Waals surface area contributed by atoms with Crippen LogP contribution in [0, 0.1) is 23.7 Å². The Kier molecular flexibility index (Phi) is 4.23. The second kappa shape index (κ2) is 5.98. The highest BCUT2D eigenvalue weighted by Crippen LogP contribution is 2.49. The van der Waals surface area contributed by atoms with Gasteiger partial charge in [0, 0.05) is 19.5 Å². The van der Waals surface area contributed by atoms with Gasteiger partial charge in [0.1, 0.15) is 6.04 Å². The summed E-state index contributed by atoms with van der Waals surface area (Å²) in [5, 5.41) is 2.94. The van der Waals surface area contributed by atoms with Gasteiger partial charge in [0.25, 0.3) is 0 Å². The number of carbonyl (C=O) groups excluding carboxylic acids is 2. The lowest BCUT2D eigenvalue weighted by Crippen LogP contribution is -2.49. The van der Waals surface area contributed by atoms with Crippen LogP contribution >= 0.6 is 0 Å². The predicted octanol–water partition coefficient (Wildman–Crippen LogP) is 2.19. The van der Waals surface area contributed by atoms with Crippen LogP contribution in [-0.4, -0.2) is 35.8 Å². The molecule has 3 rings (SSSR count). The molecule has 1 saturated heterocycles. The molecule has 2 unspecified atom stereocenters. The molecule has 0 aromatic rings. The molecule has 2 amide bonds. The largest absolute Gasteiger partial charge is 0.344 e. The molecule has 4 nitrogen and oxygen atoms in total. The molecule has 21 heavy (non-hydrogen) atoms. The maximum atomic E-state index is 12.8. The zero-order chi connectivity index (χ0) is 15.0. The quantitative estimate of drug-likeness (QED) is 0.816. The smallest absolute Gasteiger partial charge is 0.245 e. The average Bonchev–Trinajstić information content (AvgIpc) is 3.33. The van der Waals surface area contributed by atoms with E-state index in [1.54, 1.807) is 0 Å². The topological polar surface area (TPSA) is 49.4 Å². The van der Waals surface area contributed by atoms with Crippen LogP contribution in [0.1, 0.15) is 52.4 Å². The van der Waals surface area contributed by atoms with Crippen molar-refractivity contribution >= 4 is 11.8 Å². The van der Waals surface area contributed by atoms with Crippen LogP contribution in [-0.2, 0) is 9.59 Å². The van der Waals surface area contributed by atoms with Crippen molar-refractivity contribution in [3.8, 4) is 0 Å². The van der Waals surface area contributed by atoms with E-state index in [4.69, 9.17) is 0 Å². The van der Waals surface area contributed by atoms with Crippen molar-refractivity contribution in [3.05, 3.63) is 0 Å². The van der Waals surface area contributed by atoms with E-state index in [2.05, 4.69) is 19.2 Å². The molecule has 0 spiro atoms. The highest BCUT2D eigenvalue weighted by Gasteiger charge is 2.43. The standard InChI is InChI=1S/C17H28N2O2/c1-3-11(2)16-17(21)19(9-8-15(20)18-16)10-14(12-4-5-12)13-6-7-13/h11-14,16H,3-10H2,1-2H3,(H,18,20). The molecule has 2 atom stereocenters. The fraction of sp³-hybridized carbons (Fsp3) is 0.882.